The summed E-state index contributed by atoms with van der Waals surface area (Å²) in [7, 11) is 0. The van der Waals surface area contributed by atoms with E-state index in [4.69, 9.17) is 0 Å². The van der Waals surface area contributed by atoms with Gasteiger partial charge in [-0.15, -0.1) is 0 Å². The van der Waals surface area contributed by atoms with Gasteiger partial charge in [0.05, 0.1) is 6.54 Å². The van der Waals surface area contributed by atoms with Crippen molar-refractivity contribution in [2.24, 2.45) is 0 Å². The van der Waals surface area contributed by atoms with Gasteiger partial charge >= 0.3 is 0 Å². The van der Waals surface area contributed by atoms with E-state index >= 15 is 0 Å². The topological polar surface area (TPSA) is 41.1 Å². The number of aryl methyl sites for hydroxylation is 1. The highest BCUT2D eigenvalue weighted by atomic mass is 32.2. The summed E-state index contributed by atoms with van der Waals surface area (Å²) in [5.74, 6) is 0.0400. The maximum absolute atomic E-state index is 11.9. The fraction of sp³-hybridized carbons (Fsp3) is 0.533. The van der Waals surface area contributed by atoms with E-state index in [-0.39, 0.29) is 5.91 Å². The molecular weight excluding hydrogens is 256 g/mol. The monoisotopic (exact) mass is 278 g/mol. The Hall–Kier alpha value is -1.00. The van der Waals surface area contributed by atoms with Gasteiger partial charge in [0.15, 0.2) is 0 Å². The van der Waals surface area contributed by atoms with Crippen LogP contribution in [0.1, 0.15) is 24.8 Å². The molecule has 3 nitrogen and oxygen atoms in total. The van der Waals surface area contributed by atoms with Gasteiger partial charge in [0.2, 0.25) is 5.91 Å². The molecule has 2 unspecified atom stereocenters. The van der Waals surface area contributed by atoms with Crippen LogP contribution in [0.15, 0.2) is 24.3 Å². The maximum atomic E-state index is 11.9. The quantitative estimate of drug-likeness (QED) is 0.870. The lowest BCUT2D eigenvalue weighted by molar-refractivity contribution is -0.115. The maximum Gasteiger partial charge on any atom is 0.238 e. The van der Waals surface area contributed by atoms with Crippen molar-refractivity contribution in [1.82, 2.24) is 5.32 Å². The van der Waals surface area contributed by atoms with Crippen molar-refractivity contribution in [2.75, 3.05) is 18.1 Å². The van der Waals surface area contributed by atoms with Crippen molar-refractivity contribution < 1.29 is 4.79 Å². The van der Waals surface area contributed by atoms with Crippen LogP contribution in [0.3, 0.4) is 0 Å². The first-order chi connectivity index (χ1) is 9.17. The number of hydrogen-bond donors (Lipinski definition) is 2. The van der Waals surface area contributed by atoms with E-state index in [9.17, 15) is 4.79 Å². The molecule has 2 rings (SSSR count). The Kier molecular flexibility index (Phi) is 5.28. The highest BCUT2D eigenvalue weighted by molar-refractivity contribution is 7.99. The van der Waals surface area contributed by atoms with E-state index in [1.54, 1.807) is 0 Å². The zero-order valence-corrected chi connectivity index (χ0v) is 12.4. The summed E-state index contributed by atoms with van der Waals surface area (Å²) in [6.07, 6.45) is 5.79. The van der Waals surface area contributed by atoms with Gasteiger partial charge in [-0.2, -0.15) is 11.8 Å². The van der Waals surface area contributed by atoms with Crippen LogP contribution in [-0.4, -0.2) is 30.0 Å². The van der Waals surface area contributed by atoms with Crippen LogP contribution in [0.25, 0.3) is 0 Å². The molecule has 1 saturated carbocycles. The third-order valence-corrected chi connectivity index (χ3v) is 4.67. The fourth-order valence-electron chi connectivity index (χ4n) is 2.50. The van der Waals surface area contributed by atoms with Crippen molar-refractivity contribution in [2.45, 2.75) is 37.5 Å². The van der Waals surface area contributed by atoms with Crippen LogP contribution in [0.5, 0.6) is 0 Å². The van der Waals surface area contributed by atoms with Gasteiger partial charge in [0, 0.05) is 17.0 Å². The van der Waals surface area contributed by atoms with Crippen LogP contribution in [-0.2, 0) is 4.79 Å². The SMILES string of the molecule is CSC1CCC(NCC(=O)Nc2cccc(C)c2)C1. The Morgan fingerprint density at radius 2 is 2.26 bits per heavy atom. The van der Waals surface area contributed by atoms with Gasteiger partial charge < -0.3 is 10.6 Å². The molecule has 1 fully saturated rings. The number of anilines is 1. The zero-order valence-electron chi connectivity index (χ0n) is 11.6. The standard InChI is InChI=1S/C15H22N2OS/c1-11-4-3-5-13(8-11)17-15(18)10-16-12-6-7-14(9-12)19-2/h3-5,8,12,14,16H,6-7,9-10H2,1-2H3,(H,17,18). The van der Waals surface area contributed by atoms with Crippen molar-refractivity contribution in [3.05, 3.63) is 29.8 Å². The van der Waals surface area contributed by atoms with Gasteiger partial charge in [-0.25, -0.2) is 0 Å². The van der Waals surface area contributed by atoms with E-state index in [2.05, 4.69) is 16.9 Å². The van der Waals surface area contributed by atoms with Gasteiger partial charge in [0.25, 0.3) is 0 Å². The van der Waals surface area contributed by atoms with Crippen LogP contribution in [0.2, 0.25) is 0 Å². The second-order valence-corrected chi connectivity index (χ2v) is 6.30. The number of amides is 1. The van der Waals surface area contributed by atoms with Crippen molar-refractivity contribution in [1.29, 1.82) is 0 Å². The second kappa shape index (κ2) is 6.96. The first-order valence-electron chi connectivity index (χ1n) is 6.80. The molecule has 4 heteroatoms. The van der Waals surface area contributed by atoms with Crippen LogP contribution >= 0.6 is 11.8 Å². The average molecular weight is 278 g/mol. The first-order valence-corrected chi connectivity index (χ1v) is 8.09. The molecule has 19 heavy (non-hydrogen) atoms. The summed E-state index contributed by atoms with van der Waals surface area (Å²) in [6.45, 7) is 2.43. The molecule has 0 aromatic heterocycles. The Morgan fingerprint density at radius 1 is 1.42 bits per heavy atom. The zero-order chi connectivity index (χ0) is 13.7. The predicted octanol–water partition coefficient (Wildman–Crippen LogP) is 2.81. The molecule has 1 aromatic rings. The number of carbonyl (C=O) groups excluding carboxylic acids is 1. The minimum Gasteiger partial charge on any atom is -0.325 e. The molecule has 0 bridgehead atoms. The predicted molar refractivity (Wildman–Crippen MR) is 82.8 cm³/mol. The van der Waals surface area contributed by atoms with Crippen LogP contribution in [0, 0.1) is 6.92 Å². The average Bonchev–Trinajstić information content (AvgIpc) is 2.84. The first kappa shape index (κ1) is 14.4. The second-order valence-electron chi connectivity index (χ2n) is 5.17. The number of nitrogens with one attached hydrogen (secondary N) is 2. The molecule has 1 aromatic carbocycles. The number of hydrogen-bond acceptors (Lipinski definition) is 3. The molecule has 0 spiro atoms. The van der Waals surface area contributed by atoms with Gasteiger partial charge in [-0.05, 0) is 50.1 Å². The molecule has 104 valence electrons. The Labute approximate surface area is 119 Å². The Morgan fingerprint density at radius 3 is 2.95 bits per heavy atom. The van der Waals surface area contributed by atoms with Crippen molar-refractivity contribution in [3.8, 4) is 0 Å². The molecule has 0 aliphatic heterocycles. The van der Waals surface area contributed by atoms with E-state index in [0.29, 0.717) is 12.6 Å². The molecule has 1 aliphatic rings. The highest BCUT2D eigenvalue weighted by Gasteiger charge is 2.23. The van der Waals surface area contributed by atoms with E-state index in [0.717, 1.165) is 16.5 Å². The summed E-state index contributed by atoms with van der Waals surface area (Å²) in [4.78, 5) is 11.9. The largest absolute Gasteiger partial charge is 0.325 e. The third kappa shape index (κ3) is 4.55. The van der Waals surface area contributed by atoms with Crippen LogP contribution < -0.4 is 10.6 Å². The number of rotatable bonds is 5. The molecule has 2 atom stereocenters. The summed E-state index contributed by atoms with van der Waals surface area (Å²) < 4.78 is 0. The lowest BCUT2D eigenvalue weighted by Crippen LogP contribution is -2.34. The molecule has 1 amide bonds. The van der Waals surface area contributed by atoms with Gasteiger partial charge in [-0.3, -0.25) is 4.79 Å². The van der Waals surface area contributed by atoms with Crippen molar-refractivity contribution >= 4 is 23.4 Å². The molecule has 2 N–H and O–H groups in total. The molecule has 0 heterocycles. The van der Waals surface area contributed by atoms with E-state index in [1.807, 2.05) is 43.0 Å². The van der Waals surface area contributed by atoms with E-state index in [1.165, 1.54) is 19.3 Å². The summed E-state index contributed by atoms with van der Waals surface area (Å²) in [5.41, 5.74) is 2.03. The summed E-state index contributed by atoms with van der Waals surface area (Å²) in [5, 5.41) is 7.04. The number of thioether (sulfide) groups is 1. The lowest BCUT2D eigenvalue weighted by Gasteiger charge is -2.12. The molecule has 0 radical (unpaired) electrons. The smallest absolute Gasteiger partial charge is 0.238 e. The Balaban J connectivity index is 1.73. The summed E-state index contributed by atoms with van der Waals surface area (Å²) >= 11 is 1.93. The minimum absolute atomic E-state index is 0.0400. The molecular formula is C15H22N2OS. The normalized spacial score (nSPS) is 22.4. The third-order valence-electron chi connectivity index (χ3n) is 3.57. The fourth-order valence-corrected chi connectivity index (χ4v) is 3.30. The highest BCUT2D eigenvalue weighted by Crippen LogP contribution is 2.27. The lowest BCUT2D eigenvalue weighted by atomic mass is 10.2. The van der Waals surface area contributed by atoms with Gasteiger partial charge in [0.1, 0.15) is 0 Å². The van der Waals surface area contributed by atoms with Crippen molar-refractivity contribution in [3.63, 3.8) is 0 Å². The molecule has 1 aliphatic carbocycles. The molecule has 0 saturated heterocycles. The number of benzene rings is 1. The van der Waals surface area contributed by atoms with Crippen LogP contribution in [0.4, 0.5) is 5.69 Å². The Bertz CT molecular complexity index is 436. The summed E-state index contributed by atoms with van der Waals surface area (Å²) in [6, 6.07) is 8.38. The van der Waals surface area contributed by atoms with E-state index < -0.39 is 0 Å². The minimum atomic E-state index is 0.0400. The van der Waals surface area contributed by atoms with Gasteiger partial charge in [-0.1, -0.05) is 12.1 Å². The number of carbonyl (C=O) groups is 1.